The van der Waals surface area contributed by atoms with Gasteiger partial charge in [0.05, 0.1) is 7.11 Å². The molecule has 0 spiro atoms. The second-order valence-electron chi connectivity index (χ2n) is 5.98. The number of hydrogen-bond donors (Lipinski definition) is 1. The molecule has 1 unspecified atom stereocenters. The van der Waals surface area contributed by atoms with Crippen molar-refractivity contribution in [2.24, 2.45) is 0 Å². The first kappa shape index (κ1) is 19.4. The van der Waals surface area contributed by atoms with Crippen LogP contribution in [0.15, 0.2) is 48.8 Å². The first-order valence-electron chi connectivity index (χ1n) is 8.64. The van der Waals surface area contributed by atoms with Gasteiger partial charge in [0.1, 0.15) is 11.8 Å². The van der Waals surface area contributed by atoms with Crippen LogP contribution in [0.1, 0.15) is 31.4 Å². The summed E-state index contributed by atoms with van der Waals surface area (Å²) in [5.41, 5.74) is 1.86. The third kappa shape index (κ3) is 5.31. The number of carbonyl (C=O) groups is 2. The van der Waals surface area contributed by atoms with Gasteiger partial charge in [-0.1, -0.05) is 25.1 Å². The van der Waals surface area contributed by atoms with E-state index in [2.05, 4.69) is 10.3 Å². The zero-order chi connectivity index (χ0) is 18.9. The second kappa shape index (κ2) is 9.56. The summed E-state index contributed by atoms with van der Waals surface area (Å²) in [6, 6.07) is 10.6. The molecule has 0 fully saturated rings. The van der Waals surface area contributed by atoms with Gasteiger partial charge in [0.25, 0.3) is 0 Å². The summed E-state index contributed by atoms with van der Waals surface area (Å²) in [6.45, 7) is 4.30. The molecule has 1 aromatic carbocycles. The highest BCUT2D eigenvalue weighted by molar-refractivity contribution is 5.87. The topological polar surface area (TPSA) is 71.5 Å². The largest absolute Gasteiger partial charge is 0.497 e. The van der Waals surface area contributed by atoms with Gasteiger partial charge in [0.2, 0.25) is 11.8 Å². The van der Waals surface area contributed by atoms with Crippen molar-refractivity contribution in [3.8, 4) is 5.75 Å². The Kier molecular flexibility index (Phi) is 7.14. The molecule has 2 amide bonds. The molecule has 1 aromatic heterocycles. The number of benzene rings is 1. The Morgan fingerprint density at radius 1 is 1.19 bits per heavy atom. The Balaban J connectivity index is 2.04. The summed E-state index contributed by atoms with van der Waals surface area (Å²) >= 11 is 0. The van der Waals surface area contributed by atoms with Gasteiger partial charge in [-0.3, -0.25) is 14.6 Å². The summed E-state index contributed by atoms with van der Waals surface area (Å²) in [6.07, 6.45) is 3.73. The minimum Gasteiger partial charge on any atom is -0.497 e. The minimum atomic E-state index is -0.568. The molecule has 6 nitrogen and oxygen atoms in total. The van der Waals surface area contributed by atoms with Crippen molar-refractivity contribution < 1.29 is 14.3 Å². The monoisotopic (exact) mass is 355 g/mol. The minimum absolute atomic E-state index is 0.0650. The van der Waals surface area contributed by atoms with Crippen LogP contribution in [-0.4, -0.2) is 34.8 Å². The van der Waals surface area contributed by atoms with Crippen molar-refractivity contribution in [2.45, 2.75) is 39.4 Å². The van der Waals surface area contributed by atoms with E-state index in [1.165, 1.54) is 0 Å². The maximum atomic E-state index is 12.5. The molecule has 0 aliphatic carbocycles. The second-order valence-corrected chi connectivity index (χ2v) is 5.98. The molecule has 1 atom stereocenters. The average molecular weight is 355 g/mol. The molecular weight excluding hydrogens is 330 g/mol. The lowest BCUT2D eigenvalue weighted by Crippen LogP contribution is -2.47. The van der Waals surface area contributed by atoms with E-state index in [4.69, 9.17) is 4.74 Å². The highest BCUT2D eigenvalue weighted by Crippen LogP contribution is 2.15. The summed E-state index contributed by atoms with van der Waals surface area (Å²) in [7, 11) is 1.61. The van der Waals surface area contributed by atoms with Gasteiger partial charge in [0, 0.05) is 31.9 Å². The van der Waals surface area contributed by atoms with Crippen LogP contribution in [0.3, 0.4) is 0 Å². The Morgan fingerprint density at radius 2 is 1.92 bits per heavy atom. The molecular formula is C20H25N3O3. The van der Waals surface area contributed by atoms with E-state index in [1.54, 1.807) is 38.3 Å². The lowest BCUT2D eigenvalue weighted by Gasteiger charge is -2.28. The van der Waals surface area contributed by atoms with Crippen LogP contribution in [0.4, 0.5) is 0 Å². The Hall–Kier alpha value is -2.89. The highest BCUT2D eigenvalue weighted by Gasteiger charge is 2.24. The molecule has 0 saturated carbocycles. The number of ether oxygens (including phenoxy) is 1. The normalized spacial score (nSPS) is 11.5. The van der Waals surface area contributed by atoms with Gasteiger partial charge in [-0.15, -0.1) is 0 Å². The molecule has 0 aliphatic rings. The van der Waals surface area contributed by atoms with Gasteiger partial charge >= 0.3 is 0 Å². The number of aromatic nitrogens is 1. The van der Waals surface area contributed by atoms with Crippen LogP contribution >= 0.6 is 0 Å². The van der Waals surface area contributed by atoms with Gasteiger partial charge in [-0.2, -0.15) is 0 Å². The maximum absolute atomic E-state index is 12.5. The maximum Gasteiger partial charge on any atom is 0.242 e. The van der Waals surface area contributed by atoms with Crippen LogP contribution < -0.4 is 10.1 Å². The van der Waals surface area contributed by atoms with E-state index < -0.39 is 6.04 Å². The van der Waals surface area contributed by atoms with Crippen LogP contribution in [0.2, 0.25) is 0 Å². The van der Waals surface area contributed by atoms with E-state index >= 15 is 0 Å². The van der Waals surface area contributed by atoms with Crippen molar-refractivity contribution in [2.75, 3.05) is 7.11 Å². The Morgan fingerprint density at radius 3 is 2.50 bits per heavy atom. The van der Waals surface area contributed by atoms with E-state index in [-0.39, 0.29) is 11.8 Å². The number of nitrogens with one attached hydrogen (secondary N) is 1. The quantitative estimate of drug-likeness (QED) is 0.790. The van der Waals surface area contributed by atoms with Crippen LogP contribution in [-0.2, 0) is 22.7 Å². The molecule has 1 heterocycles. The number of amides is 2. The molecule has 26 heavy (non-hydrogen) atoms. The fraction of sp³-hybridized carbons (Fsp3) is 0.350. The number of methoxy groups -OCH3 is 1. The number of nitrogens with zero attached hydrogens (tertiary/aromatic N) is 2. The summed E-state index contributed by atoms with van der Waals surface area (Å²) in [5.74, 6) is 0.499. The third-order valence-electron chi connectivity index (χ3n) is 4.17. The molecule has 1 N–H and O–H groups in total. The predicted molar refractivity (Wildman–Crippen MR) is 99.4 cm³/mol. The summed E-state index contributed by atoms with van der Waals surface area (Å²) in [4.78, 5) is 30.5. The zero-order valence-electron chi connectivity index (χ0n) is 15.4. The van der Waals surface area contributed by atoms with E-state index in [1.807, 2.05) is 36.4 Å². The van der Waals surface area contributed by atoms with Crippen molar-refractivity contribution >= 4 is 11.8 Å². The van der Waals surface area contributed by atoms with Gasteiger partial charge < -0.3 is 15.0 Å². The molecule has 6 heteroatoms. The van der Waals surface area contributed by atoms with Crippen LogP contribution in [0.5, 0.6) is 5.75 Å². The highest BCUT2D eigenvalue weighted by atomic mass is 16.5. The molecule has 0 bridgehead atoms. The Labute approximate surface area is 154 Å². The smallest absolute Gasteiger partial charge is 0.242 e. The van der Waals surface area contributed by atoms with Crippen molar-refractivity contribution in [1.29, 1.82) is 0 Å². The predicted octanol–water partition coefficient (Wildman–Crippen LogP) is 2.53. The zero-order valence-corrected chi connectivity index (χ0v) is 15.4. The van der Waals surface area contributed by atoms with Crippen molar-refractivity contribution in [3.05, 3.63) is 59.9 Å². The third-order valence-corrected chi connectivity index (χ3v) is 4.17. The fourth-order valence-electron chi connectivity index (χ4n) is 2.55. The van der Waals surface area contributed by atoms with Crippen molar-refractivity contribution in [1.82, 2.24) is 15.2 Å². The first-order valence-corrected chi connectivity index (χ1v) is 8.64. The van der Waals surface area contributed by atoms with Crippen LogP contribution in [0.25, 0.3) is 0 Å². The Bertz CT molecular complexity index is 717. The number of rotatable bonds is 8. The molecule has 0 aliphatic heterocycles. The lowest BCUT2D eigenvalue weighted by atomic mass is 10.1. The summed E-state index contributed by atoms with van der Waals surface area (Å²) in [5, 5.41) is 2.87. The van der Waals surface area contributed by atoms with E-state index in [0.717, 1.165) is 16.9 Å². The van der Waals surface area contributed by atoms with E-state index in [0.29, 0.717) is 19.5 Å². The van der Waals surface area contributed by atoms with Gasteiger partial charge in [0.15, 0.2) is 0 Å². The number of hydrogen-bond acceptors (Lipinski definition) is 4. The first-order chi connectivity index (χ1) is 12.5. The van der Waals surface area contributed by atoms with Gasteiger partial charge in [-0.05, 0) is 36.2 Å². The number of pyridine rings is 1. The lowest BCUT2D eigenvalue weighted by molar-refractivity contribution is -0.140. The molecule has 0 saturated heterocycles. The summed E-state index contributed by atoms with van der Waals surface area (Å²) < 4.78 is 5.15. The molecule has 2 aromatic rings. The molecule has 138 valence electrons. The number of carbonyl (C=O) groups excluding carboxylic acids is 2. The average Bonchev–Trinajstić information content (AvgIpc) is 2.70. The van der Waals surface area contributed by atoms with Crippen molar-refractivity contribution in [3.63, 3.8) is 0 Å². The standard InChI is InChI=1S/C20H25N3O3/c1-4-19(24)23(14-16-7-9-18(26-3)10-8-16)15(2)20(25)22-13-17-6-5-11-21-12-17/h5-12,15H,4,13-14H2,1-3H3,(H,22,25). The van der Waals surface area contributed by atoms with Crippen LogP contribution in [0, 0.1) is 0 Å². The fourth-order valence-corrected chi connectivity index (χ4v) is 2.55. The van der Waals surface area contributed by atoms with E-state index in [9.17, 15) is 9.59 Å². The SMILES string of the molecule is CCC(=O)N(Cc1ccc(OC)cc1)C(C)C(=O)NCc1cccnc1. The molecule has 0 radical (unpaired) electrons. The molecule has 2 rings (SSSR count). The van der Waals surface area contributed by atoms with Gasteiger partial charge in [-0.25, -0.2) is 0 Å².